The minimum Gasteiger partial charge on any atom is -0.496 e. The molecule has 1 N–H and O–H groups in total. The molecule has 0 radical (unpaired) electrons. The minimum absolute atomic E-state index is 0.0666. The molecule has 0 amide bonds. The van der Waals surface area contributed by atoms with Crippen LogP contribution in [0.25, 0.3) is 21.0 Å². The molecule has 1 aliphatic carbocycles. The fourth-order valence-electron chi connectivity index (χ4n) is 5.40. The number of benzene rings is 2. The minimum atomic E-state index is 0.0666. The lowest BCUT2D eigenvalue weighted by molar-refractivity contribution is 0.184. The number of hydrogen-bond acceptors (Lipinski definition) is 6. The van der Waals surface area contributed by atoms with Crippen molar-refractivity contribution >= 4 is 32.3 Å². The van der Waals surface area contributed by atoms with Crippen LogP contribution in [0.3, 0.4) is 0 Å². The number of hydrogen-bond donors (Lipinski definition) is 1. The van der Waals surface area contributed by atoms with Crippen LogP contribution < -0.4 is 15.6 Å². The summed E-state index contributed by atoms with van der Waals surface area (Å²) in [5.74, 6) is 1.47. The van der Waals surface area contributed by atoms with Crippen molar-refractivity contribution in [1.82, 2.24) is 14.9 Å². The van der Waals surface area contributed by atoms with Gasteiger partial charge in [0, 0.05) is 29.5 Å². The Kier molecular flexibility index (Phi) is 5.85. The molecule has 6 nitrogen and oxygen atoms in total. The molecule has 2 aromatic heterocycles. The number of nitrogens with zero attached hydrogens (tertiary/aromatic N) is 2. The Hall–Kier alpha value is -2.74. The molecular formula is C27H29N3O3S. The van der Waals surface area contributed by atoms with Gasteiger partial charge in [-0.2, -0.15) is 0 Å². The second-order valence-corrected chi connectivity index (χ2v) is 10.5. The molecule has 4 aromatic rings. The van der Waals surface area contributed by atoms with E-state index in [0.717, 1.165) is 77.7 Å². The maximum absolute atomic E-state index is 13.6. The van der Waals surface area contributed by atoms with Gasteiger partial charge in [0.15, 0.2) is 0 Å². The molecule has 3 heterocycles. The highest BCUT2D eigenvalue weighted by atomic mass is 32.1. The normalized spacial score (nSPS) is 20.1. The molecule has 34 heavy (non-hydrogen) atoms. The fraction of sp³-hybridized carbons (Fsp3) is 0.407. The van der Waals surface area contributed by atoms with Crippen molar-refractivity contribution in [1.29, 1.82) is 0 Å². The number of rotatable bonds is 6. The van der Waals surface area contributed by atoms with Crippen LogP contribution in [0, 0.1) is 5.92 Å². The summed E-state index contributed by atoms with van der Waals surface area (Å²) in [6, 6.07) is 12.7. The van der Waals surface area contributed by atoms with Gasteiger partial charge in [0.05, 0.1) is 32.0 Å². The predicted octanol–water partition coefficient (Wildman–Crippen LogP) is 4.15. The summed E-state index contributed by atoms with van der Waals surface area (Å²) < 4.78 is 12.8. The lowest BCUT2D eigenvalue weighted by atomic mass is 9.92. The van der Waals surface area contributed by atoms with Crippen LogP contribution in [-0.2, 0) is 24.1 Å². The van der Waals surface area contributed by atoms with Crippen LogP contribution in [0.1, 0.15) is 28.8 Å². The largest absolute Gasteiger partial charge is 0.496 e. The van der Waals surface area contributed by atoms with Gasteiger partial charge in [-0.25, -0.2) is 4.98 Å². The van der Waals surface area contributed by atoms with Gasteiger partial charge in [0.1, 0.15) is 10.6 Å². The molecule has 0 saturated carbocycles. The van der Waals surface area contributed by atoms with E-state index in [0.29, 0.717) is 18.5 Å². The Labute approximate surface area is 202 Å². The van der Waals surface area contributed by atoms with Gasteiger partial charge in [-0.15, -0.1) is 11.3 Å². The summed E-state index contributed by atoms with van der Waals surface area (Å²) in [6.45, 7) is 3.28. The zero-order valence-corrected chi connectivity index (χ0v) is 20.2. The third-order valence-electron chi connectivity index (χ3n) is 7.29. The van der Waals surface area contributed by atoms with Crippen LogP contribution in [0.4, 0.5) is 0 Å². The molecule has 2 unspecified atom stereocenters. The molecule has 2 aromatic carbocycles. The number of thiophene rings is 1. The molecule has 7 heteroatoms. The van der Waals surface area contributed by atoms with E-state index >= 15 is 0 Å². The number of ether oxygens (including phenoxy) is 2. The Morgan fingerprint density at radius 3 is 2.91 bits per heavy atom. The monoisotopic (exact) mass is 475 g/mol. The molecule has 0 spiro atoms. The third kappa shape index (κ3) is 3.91. The molecule has 176 valence electrons. The van der Waals surface area contributed by atoms with Crippen molar-refractivity contribution in [3.05, 3.63) is 69.1 Å². The predicted molar refractivity (Wildman–Crippen MR) is 136 cm³/mol. The van der Waals surface area contributed by atoms with Crippen molar-refractivity contribution < 1.29 is 9.47 Å². The molecule has 0 bridgehead atoms. The van der Waals surface area contributed by atoms with Gasteiger partial charge in [-0.3, -0.25) is 9.36 Å². The standard InChI is InChI=1S/C27H29N3O3S/c1-32-23-9-6-18(20-4-2-3-5-21(20)23)14-30-16-29-26-25(27(30)31)22-8-7-19(12-24(22)34-26)28-13-17-10-11-33-15-17/h2-6,9,16-17,19,28H,7-8,10-15H2,1H3. The van der Waals surface area contributed by atoms with Gasteiger partial charge >= 0.3 is 0 Å². The molecular weight excluding hydrogens is 446 g/mol. The average molecular weight is 476 g/mol. The second kappa shape index (κ2) is 9.13. The van der Waals surface area contributed by atoms with E-state index in [-0.39, 0.29) is 5.56 Å². The Morgan fingerprint density at radius 1 is 1.21 bits per heavy atom. The Bertz CT molecular complexity index is 1400. The van der Waals surface area contributed by atoms with Crippen molar-refractivity contribution in [3.8, 4) is 5.75 Å². The highest BCUT2D eigenvalue weighted by Gasteiger charge is 2.26. The lowest BCUT2D eigenvalue weighted by Gasteiger charge is -2.24. The van der Waals surface area contributed by atoms with E-state index in [1.807, 2.05) is 24.3 Å². The molecule has 2 atom stereocenters. The maximum Gasteiger partial charge on any atom is 0.262 e. The molecule has 1 saturated heterocycles. The maximum atomic E-state index is 13.6. The first kappa shape index (κ1) is 21.8. The van der Waals surface area contributed by atoms with Gasteiger partial charge in [-0.1, -0.05) is 30.3 Å². The summed E-state index contributed by atoms with van der Waals surface area (Å²) in [4.78, 5) is 20.5. The second-order valence-electron chi connectivity index (χ2n) is 9.41. The zero-order chi connectivity index (χ0) is 23.1. The van der Waals surface area contributed by atoms with Gasteiger partial charge < -0.3 is 14.8 Å². The number of aryl methyl sites for hydroxylation is 1. The third-order valence-corrected chi connectivity index (χ3v) is 8.45. The topological polar surface area (TPSA) is 65.4 Å². The van der Waals surface area contributed by atoms with Crippen molar-refractivity contribution in [2.24, 2.45) is 5.92 Å². The average Bonchev–Trinajstić information content (AvgIpc) is 3.52. The van der Waals surface area contributed by atoms with Gasteiger partial charge in [0.25, 0.3) is 5.56 Å². The van der Waals surface area contributed by atoms with E-state index in [9.17, 15) is 4.79 Å². The molecule has 6 rings (SSSR count). The van der Waals surface area contributed by atoms with Gasteiger partial charge in [0.2, 0.25) is 0 Å². The van der Waals surface area contributed by atoms with Crippen LogP contribution in [0.5, 0.6) is 5.75 Å². The summed E-state index contributed by atoms with van der Waals surface area (Å²) in [5, 5.41) is 6.72. The highest BCUT2D eigenvalue weighted by Crippen LogP contribution is 2.34. The Balaban J connectivity index is 1.28. The SMILES string of the molecule is COc1ccc(Cn2cnc3sc4c(c3c2=O)CCC(NCC2CCOC2)C4)c2ccccc12. The fourth-order valence-corrected chi connectivity index (χ4v) is 6.66. The first-order chi connectivity index (χ1) is 16.7. The van der Waals surface area contributed by atoms with Crippen molar-refractivity contribution in [2.45, 2.75) is 38.3 Å². The number of methoxy groups -OCH3 is 1. The van der Waals surface area contributed by atoms with E-state index in [2.05, 4.69) is 17.4 Å². The summed E-state index contributed by atoms with van der Waals surface area (Å²) in [6.07, 6.45) is 5.83. The van der Waals surface area contributed by atoms with E-state index in [4.69, 9.17) is 14.5 Å². The Morgan fingerprint density at radius 2 is 2.09 bits per heavy atom. The number of nitrogens with one attached hydrogen (secondary N) is 1. The van der Waals surface area contributed by atoms with E-state index in [1.54, 1.807) is 29.3 Å². The van der Waals surface area contributed by atoms with Gasteiger partial charge in [-0.05, 0) is 54.2 Å². The first-order valence-corrected chi connectivity index (χ1v) is 12.9. The van der Waals surface area contributed by atoms with Crippen molar-refractivity contribution in [3.63, 3.8) is 0 Å². The quantitative estimate of drug-likeness (QED) is 0.454. The van der Waals surface area contributed by atoms with E-state index in [1.165, 1.54) is 10.4 Å². The van der Waals surface area contributed by atoms with Crippen molar-refractivity contribution in [2.75, 3.05) is 26.9 Å². The summed E-state index contributed by atoms with van der Waals surface area (Å²) in [5.41, 5.74) is 2.37. The first-order valence-electron chi connectivity index (χ1n) is 12.1. The number of aromatic nitrogens is 2. The zero-order valence-electron chi connectivity index (χ0n) is 19.4. The summed E-state index contributed by atoms with van der Waals surface area (Å²) >= 11 is 1.69. The van der Waals surface area contributed by atoms with Crippen LogP contribution in [0.2, 0.25) is 0 Å². The van der Waals surface area contributed by atoms with Crippen LogP contribution >= 0.6 is 11.3 Å². The summed E-state index contributed by atoms with van der Waals surface area (Å²) in [7, 11) is 1.69. The smallest absolute Gasteiger partial charge is 0.262 e. The van der Waals surface area contributed by atoms with E-state index < -0.39 is 0 Å². The molecule has 1 fully saturated rings. The highest BCUT2D eigenvalue weighted by molar-refractivity contribution is 7.18. The van der Waals surface area contributed by atoms with Crippen LogP contribution in [-0.4, -0.2) is 42.5 Å². The number of fused-ring (bicyclic) bond motifs is 4. The molecule has 2 aliphatic rings. The van der Waals surface area contributed by atoms with Crippen LogP contribution in [0.15, 0.2) is 47.5 Å². The lowest BCUT2D eigenvalue weighted by Crippen LogP contribution is -2.37. The molecule has 1 aliphatic heterocycles.